The van der Waals surface area contributed by atoms with E-state index in [9.17, 15) is 0 Å². The molecule has 0 nitrogen and oxygen atoms in total. The first-order chi connectivity index (χ1) is 4.43. The third-order valence-electron chi connectivity index (χ3n) is 0.956. The fourth-order valence-corrected chi connectivity index (χ4v) is 0.878. The van der Waals surface area contributed by atoms with E-state index in [1.54, 1.807) is 0 Å². The van der Waals surface area contributed by atoms with Crippen molar-refractivity contribution in [3.63, 3.8) is 0 Å². The van der Waals surface area contributed by atoms with Gasteiger partial charge < -0.3 is 0 Å². The van der Waals surface area contributed by atoms with Gasteiger partial charge in [0.25, 0.3) is 0 Å². The number of benzene rings is 1. The van der Waals surface area contributed by atoms with Crippen LogP contribution in [0.1, 0.15) is 5.56 Å². The summed E-state index contributed by atoms with van der Waals surface area (Å²) in [5, 5.41) is 0. The first kappa shape index (κ1) is 9.95. The van der Waals surface area contributed by atoms with Gasteiger partial charge in [-0.3, -0.25) is 0 Å². The topological polar surface area (TPSA) is 0 Å². The zero-order valence-electron chi connectivity index (χ0n) is 5.14. The average molecular weight is 329 g/mol. The molecule has 0 amide bonds. The summed E-state index contributed by atoms with van der Waals surface area (Å²) in [7, 11) is 0. The standard InChI is InChI=1S/C8H5.Au.P/c1-2-8-6-4-3-5-7-8;;/h3-7H;;. The van der Waals surface area contributed by atoms with E-state index in [-0.39, 0.29) is 9.90 Å². The van der Waals surface area contributed by atoms with Crippen molar-refractivity contribution in [1.29, 1.82) is 0 Å². The summed E-state index contributed by atoms with van der Waals surface area (Å²) >= 11 is 2.19. The molecular formula is C8H5AuP. The van der Waals surface area contributed by atoms with E-state index in [0.29, 0.717) is 0 Å². The average Bonchev–Trinajstić information content (AvgIpc) is 1.91. The van der Waals surface area contributed by atoms with Gasteiger partial charge in [-0.15, -0.1) is 0 Å². The van der Waals surface area contributed by atoms with Crippen molar-refractivity contribution in [3.05, 3.63) is 35.9 Å². The summed E-state index contributed by atoms with van der Waals surface area (Å²) in [6, 6.07) is 9.92. The number of rotatable bonds is 0. The molecule has 0 unspecified atom stereocenters. The Bertz CT molecular complexity index is 232. The van der Waals surface area contributed by atoms with E-state index in [4.69, 9.17) is 0 Å². The zero-order chi connectivity index (χ0) is 6.53. The number of hydrogen-bond acceptors (Lipinski definition) is 0. The molecule has 3 radical (unpaired) electrons. The van der Waals surface area contributed by atoms with Gasteiger partial charge in [0.15, 0.2) is 0 Å². The second-order valence-corrected chi connectivity index (χ2v) is 2.11. The van der Waals surface area contributed by atoms with E-state index >= 15 is 0 Å². The molecule has 0 fully saturated rings. The largest absolute Gasteiger partial charge is 0 e. The molecule has 0 atom stereocenters. The van der Waals surface area contributed by atoms with Gasteiger partial charge in [-0.25, -0.2) is 0 Å². The zero-order valence-corrected chi connectivity index (χ0v) is 8.20. The molecule has 0 aliphatic carbocycles. The van der Waals surface area contributed by atoms with E-state index in [0.717, 1.165) is 5.56 Å². The molecule has 2 heteroatoms. The van der Waals surface area contributed by atoms with Crippen LogP contribution in [0.4, 0.5) is 0 Å². The summed E-state index contributed by atoms with van der Waals surface area (Å²) in [5.74, 6) is 2.93. The monoisotopic (exact) mass is 329 g/mol. The second-order valence-electron chi connectivity index (χ2n) is 1.57. The van der Waals surface area contributed by atoms with Gasteiger partial charge in [0.2, 0.25) is 0 Å². The predicted octanol–water partition coefficient (Wildman–Crippen LogP) is 2.40. The first-order valence-corrected chi connectivity index (χ1v) is 3.64. The van der Waals surface area contributed by atoms with Crippen LogP contribution in [0.25, 0.3) is 0 Å². The third kappa shape index (κ3) is 3.20. The van der Waals surface area contributed by atoms with Crippen molar-refractivity contribution in [2.24, 2.45) is 0 Å². The summed E-state index contributed by atoms with van der Waals surface area (Å²) in [4.78, 5) is 0. The minimum atomic E-state index is 0. The van der Waals surface area contributed by atoms with Crippen LogP contribution >= 0.6 is 9.90 Å². The molecule has 0 saturated heterocycles. The number of hydrogen-bond donors (Lipinski definition) is 0. The van der Waals surface area contributed by atoms with E-state index in [2.05, 4.69) is 31.1 Å². The maximum Gasteiger partial charge on any atom is 0 e. The Morgan fingerprint density at radius 3 is 2.20 bits per heavy atom. The van der Waals surface area contributed by atoms with Crippen molar-refractivity contribution >= 4 is 9.90 Å². The third-order valence-corrected chi connectivity index (χ3v) is 1.23. The van der Waals surface area contributed by atoms with Crippen LogP contribution in [0.3, 0.4) is 0 Å². The molecule has 0 spiro atoms. The fourth-order valence-electron chi connectivity index (χ4n) is 0.565. The smallest absolute Gasteiger partial charge is 0 e. The second kappa shape index (κ2) is 5.71. The van der Waals surface area contributed by atoms with Crippen molar-refractivity contribution in [2.75, 3.05) is 0 Å². The molecular weight excluding hydrogens is 324 g/mol. The Balaban J connectivity index is 0.000000810. The van der Waals surface area contributed by atoms with Crippen molar-refractivity contribution < 1.29 is 21.1 Å². The van der Waals surface area contributed by atoms with Gasteiger partial charge in [-0.1, -0.05) is 0 Å². The van der Waals surface area contributed by atoms with Crippen molar-refractivity contribution in [2.45, 2.75) is 0 Å². The molecule has 0 N–H and O–H groups in total. The van der Waals surface area contributed by atoms with Crippen LogP contribution in [-0.4, -0.2) is 0 Å². The Labute approximate surface area is 76.9 Å². The van der Waals surface area contributed by atoms with Gasteiger partial charge in [0.05, 0.1) is 0 Å². The van der Waals surface area contributed by atoms with Crippen LogP contribution < -0.4 is 0 Å². The fraction of sp³-hybridized carbons (Fsp3) is 0. The quantitative estimate of drug-likeness (QED) is 0.390. The molecule has 10 heavy (non-hydrogen) atoms. The summed E-state index contributed by atoms with van der Waals surface area (Å²) < 4.78 is 2.78. The molecule has 53 valence electrons. The summed E-state index contributed by atoms with van der Waals surface area (Å²) in [6.45, 7) is 0. The van der Waals surface area contributed by atoms with Crippen molar-refractivity contribution in [3.8, 4) is 10.1 Å². The molecule has 0 saturated carbocycles. The summed E-state index contributed by atoms with van der Waals surface area (Å²) in [6.07, 6.45) is 0. The Morgan fingerprint density at radius 2 is 1.70 bits per heavy atom. The Kier molecular flexibility index (Phi) is 5.69. The molecule has 0 aromatic heterocycles. The van der Waals surface area contributed by atoms with Gasteiger partial charge in [0, 0.05) is 9.90 Å². The maximum absolute atomic E-state index is 2.93. The van der Waals surface area contributed by atoms with Gasteiger partial charge in [-0.2, -0.15) is 0 Å². The van der Waals surface area contributed by atoms with Crippen LogP contribution in [0.2, 0.25) is 0 Å². The van der Waals surface area contributed by atoms with Crippen LogP contribution in [-0.2, 0) is 21.1 Å². The molecule has 0 bridgehead atoms. The summed E-state index contributed by atoms with van der Waals surface area (Å²) in [5.41, 5.74) is 1.07. The molecule has 1 aromatic rings. The van der Waals surface area contributed by atoms with Crippen molar-refractivity contribution in [1.82, 2.24) is 0 Å². The normalized spacial score (nSPS) is 7.00. The Morgan fingerprint density at radius 1 is 1.10 bits per heavy atom. The molecule has 1 aromatic carbocycles. The molecule has 0 aliphatic rings. The van der Waals surface area contributed by atoms with E-state index in [1.807, 2.05) is 30.3 Å². The van der Waals surface area contributed by atoms with E-state index in [1.165, 1.54) is 0 Å². The predicted molar refractivity (Wildman–Crippen MR) is 40.2 cm³/mol. The van der Waals surface area contributed by atoms with Gasteiger partial charge >= 0.3 is 67.0 Å². The minimum absolute atomic E-state index is 0. The molecule has 0 heterocycles. The van der Waals surface area contributed by atoms with Crippen LogP contribution in [0.5, 0.6) is 0 Å². The van der Waals surface area contributed by atoms with E-state index < -0.39 is 0 Å². The minimum Gasteiger partial charge on any atom is 0 e. The first-order valence-electron chi connectivity index (χ1n) is 2.56. The van der Waals surface area contributed by atoms with Gasteiger partial charge in [-0.05, 0) is 0 Å². The maximum atomic E-state index is 2.93. The SMILES string of the molecule is [Au][C]#Cc1ccccc1.[P]. The van der Waals surface area contributed by atoms with Crippen LogP contribution in [0.15, 0.2) is 30.3 Å². The Hall–Kier alpha value is -0.0497. The molecule has 1 rings (SSSR count). The van der Waals surface area contributed by atoms with Crippen LogP contribution in [0, 0.1) is 10.1 Å². The molecule has 0 aliphatic heterocycles. The van der Waals surface area contributed by atoms with Gasteiger partial charge in [0.1, 0.15) is 0 Å².